The maximum Gasteiger partial charge on any atom is 0.251 e. The fraction of sp³-hybridized carbons (Fsp3) is 0.267. The summed E-state index contributed by atoms with van der Waals surface area (Å²) in [5.41, 5.74) is 5.57. The van der Waals surface area contributed by atoms with Crippen LogP contribution in [0.3, 0.4) is 0 Å². The van der Waals surface area contributed by atoms with Gasteiger partial charge in [-0.05, 0) is 61.2 Å². The van der Waals surface area contributed by atoms with E-state index in [9.17, 15) is 9.59 Å². The van der Waals surface area contributed by atoms with Gasteiger partial charge in [0, 0.05) is 23.9 Å². The fourth-order valence-electron chi connectivity index (χ4n) is 4.71. The van der Waals surface area contributed by atoms with Crippen LogP contribution in [0.2, 0.25) is 0 Å². The minimum Gasteiger partial charge on any atom is -0.497 e. The third-order valence-electron chi connectivity index (χ3n) is 6.84. The number of rotatable bonds is 9. The molecule has 0 saturated carbocycles. The number of carbonyl (C=O) groups excluding carboxylic acids is 2. The van der Waals surface area contributed by atoms with Crippen molar-refractivity contribution in [1.82, 2.24) is 20.1 Å². The Morgan fingerprint density at radius 2 is 1.70 bits per heavy atom. The Hall–Kier alpha value is -4.31. The first-order valence-corrected chi connectivity index (χ1v) is 13.9. The number of anilines is 1. The van der Waals surface area contributed by atoms with Crippen molar-refractivity contribution in [3.05, 3.63) is 88.7 Å². The monoisotopic (exact) mass is 557 g/mol. The van der Waals surface area contributed by atoms with Crippen LogP contribution in [0.15, 0.2) is 65.8 Å². The zero-order chi connectivity index (χ0) is 28.2. The van der Waals surface area contributed by atoms with Crippen LogP contribution in [-0.2, 0) is 17.8 Å². The molecule has 1 aliphatic rings. The quantitative estimate of drug-likeness (QED) is 0.302. The smallest absolute Gasteiger partial charge is 0.251 e. The number of carbonyl (C=O) groups is 2. The molecule has 2 heterocycles. The highest BCUT2D eigenvalue weighted by molar-refractivity contribution is 7.99. The lowest BCUT2D eigenvalue weighted by Gasteiger charge is -2.17. The Kier molecular flexibility index (Phi) is 8.06. The highest BCUT2D eigenvalue weighted by Gasteiger charge is 2.25. The molecule has 5 rings (SSSR count). The summed E-state index contributed by atoms with van der Waals surface area (Å²) in [6.45, 7) is 4.84. The third-order valence-corrected chi connectivity index (χ3v) is 7.75. The number of methoxy groups -OCH3 is 2. The van der Waals surface area contributed by atoms with Crippen molar-refractivity contribution in [3.8, 4) is 17.2 Å². The number of amides is 2. The summed E-state index contributed by atoms with van der Waals surface area (Å²) >= 11 is 1.34. The number of fused-ring (bicyclic) bond motifs is 1. The standard InChI is InChI=1S/C30H31N5O4S/c1-19-9-10-20(2)26(13-19)35-27(17-31-29(37)22-14-23(38-3)16-24(15-22)39-4)32-33-30(35)40-18-28(36)34-12-11-21-7-5-6-8-25(21)34/h5-10,13-16H,11-12,17-18H2,1-4H3,(H,31,37). The van der Waals surface area contributed by atoms with Crippen molar-refractivity contribution in [3.63, 3.8) is 0 Å². The van der Waals surface area contributed by atoms with E-state index in [0.717, 1.165) is 28.9 Å². The second-order valence-electron chi connectivity index (χ2n) is 9.52. The number of hydrogen-bond acceptors (Lipinski definition) is 7. The molecular formula is C30H31N5O4S. The van der Waals surface area contributed by atoms with E-state index in [1.165, 1.54) is 31.5 Å². The number of aryl methyl sites for hydroxylation is 2. The van der Waals surface area contributed by atoms with E-state index < -0.39 is 0 Å². The van der Waals surface area contributed by atoms with E-state index in [4.69, 9.17) is 9.47 Å². The van der Waals surface area contributed by atoms with E-state index in [-0.39, 0.29) is 24.1 Å². The van der Waals surface area contributed by atoms with Gasteiger partial charge in [0.05, 0.1) is 32.2 Å². The maximum atomic E-state index is 13.2. The van der Waals surface area contributed by atoms with Crippen molar-refractivity contribution >= 4 is 29.3 Å². The molecule has 206 valence electrons. The van der Waals surface area contributed by atoms with Gasteiger partial charge in [-0.3, -0.25) is 14.2 Å². The van der Waals surface area contributed by atoms with Crippen molar-refractivity contribution in [2.45, 2.75) is 32.0 Å². The molecule has 0 atom stereocenters. The van der Waals surface area contributed by atoms with E-state index in [1.54, 1.807) is 18.2 Å². The SMILES string of the molecule is COc1cc(OC)cc(C(=O)NCc2nnc(SCC(=O)N3CCc4ccccc43)n2-c2cc(C)ccc2C)c1. The molecule has 0 saturated heterocycles. The van der Waals surface area contributed by atoms with Gasteiger partial charge in [-0.1, -0.05) is 42.1 Å². The molecule has 10 heteroatoms. The molecular weight excluding hydrogens is 526 g/mol. The molecule has 1 aromatic heterocycles. The number of nitrogens with one attached hydrogen (secondary N) is 1. The molecule has 40 heavy (non-hydrogen) atoms. The lowest BCUT2D eigenvalue weighted by atomic mass is 10.1. The molecule has 1 aliphatic heterocycles. The van der Waals surface area contributed by atoms with Crippen molar-refractivity contribution in [2.75, 3.05) is 31.4 Å². The summed E-state index contributed by atoms with van der Waals surface area (Å²) < 4.78 is 12.5. The summed E-state index contributed by atoms with van der Waals surface area (Å²) in [6.07, 6.45) is 0.855. The third kappa shape index (κ3) is 5.67. The number of aromatic nitrogens is 3. The van der Waals surface area contributed by atoms with Crippen molar-refractivity contribution in [1.29, 1.82) is 0 Å². The Bertz CT molecular complexity index is 1550. The van der Waals surface area contributed by atoms with Gasteiger partial charge in [0.15, 0.2) is 11.0 Å². The van der Waals surface area contributed by atoms with Crippen LogP contribution in [0.5, 0.6) is 11.5 Å². The van der Waals surface area contributed by atoms with Gasteiger partial charge in [-0.2, -0.15) is 0 Å². The van der Waals surface area contributed by atoms with Gasteiger partial charge >= 0.3 is 0 Å². The highest BCUT2D eigenvalue weighted by Crippen LogP contribution is 2.30. The second kappa shape index (κ2) is 11.8. The average molecular weight is 558 g/mol. The molecule has 2 amide bonds. The van der Waals surface area contributed by atoms with Crippen LogP contribution in [0.1, 0.15) is 32.9 Å². The molecule has 4 aromatic rings. The van der Waals surface area contributed by atoms with Crippen molar-refractivity contribution in [2.24, 2.45) is 0 Å². The van der Waals surface area contributed by atoms with Crippen LogP contribution in [0.4, 0.5) is 5.69 Å². The zero-order valence-corrected chi connectivity index (χ0v) is 23.7. The van der Waals surface area contributed by atoms with Gasteiger partial charge in [0.2, 0.25) is 5.91 Å². The topological polar surface area (TPSA) is 98.6 Å². The van der Waals surface area contributed by atoms with Crippen LogP contribution >= 0.6 is 11.8 Å². The van der Waals surface area contributed by atoms with Gasteiger partial charge in [-0.15, -0.1) is 10.2 Å². The van der Waals surface area contributed by atoms with Gasteiger partial charge in [0.25, 0.3) is 5.91 Å². The predicted octanol–water partition coefficient (Wildman–Crippen LogP) is 4.51. The number of benzene rings is 3. The predicted molar refractivity (Wildman–Crippen MR) is 155 cm³/mol. The molecule has 1 N–H and O–H groups in total. The minimum absolute atomic E-state index is 0.0206. The molecule has 0 radical (unpaired) electrons. The zero-order valence-electron chi connectivity index (χ0n) is 22.9. The highest BCUT2D eigenvalue weighted by atomic mass is 32.2. The molecule has 0 fully saturated rings. The number of para-hydroxylation sites is 1. The van der Waals surface area contributed by atoms with E-state index in [2.05, 4.69) is 27.6 Å². The molecule has 9 nitrogen and oxygen atoms in total. The Morgan fingerprint density at radius 3 is 2.45 bits per heavy atom. The fourth-order valence-corrected chi connectivity index (χ4v) is 5.55. The molecule has 0 aliphatic carbocycles. The summed E-state index contributed by atoms with van der Waals surface area (Å²) in [4.78, 5) is 28.1. The van der Waals surface area contributed by atoms with Gasteiger partial charge < -0.3 is 19.7 Å². The normalized spacial score (nSPS) is 12.2. The molecule has 3 aromatic carbocycles. The number of nitrogens with zero attached hydrogens (tertiary/aromatic N) is 4. The maximum absolute atomic E-state index is 13.2. The second-order valence-corrected chi connectivity index (χ2v) is 10.5. The minimum atomic E-state index is -0.301. The Balaban J connectivity index is 1.38. The summed E-state index contributed by atoms with van der Waals surface area (Å²) in [6, 6.07) is 19.2. The van der Waals surface area contributed by atoms with E-state index in [0.29, 0.717) is 34.6 Å². The van der Waals surface area contributed by atoms with Crippen LogP contribution < -0.4 is 19.7 Å². The summed E-state index contributed by atoms with van der Waals surface area (Å²) in [5.74, 6) is 1.53. The van der Waals surface area contributed by atoms with Gasteiger partial charge in [0.1, 0.15) is 11.5 Å². The van der Waals surface area contributed by atoms with Gasteiger partial charge in [-0.25, -0.2) is 0 Å². The number of ether oxygens (including phenoxy) is 2. The van der Waals surface area contributed by atoms with Crippen LogP contribution in [0, 0.1) is 13.8 Å². The molecule has 0 spiro atoms. The van der Waals surface area contributed by atoms with Crippen molar-refractivity contribution < 1.29 is 19.1 Å². The Morgan fingerprint density at radius 1 is 0.950 bits per heavy atom. The molecule has 0 unspecified atom stereocenters. The first-order chi connectivity index (χ1) is 19.4. The lowest BCUT2D eigenvalue weighted by molar-refractivity contribution is -0.116. The largest absolute Gasteiger partial charge is 0.497 e. The molecule has 0 bridgehead atoms. The lowest BCUT2D eigenvalue weighted by Crippen LogP contribution is -2.30. The average Bonchev–Trinajstić information content (AvgIpc) is 3.59. The first-order valence-electron chi connectivity index (χ1n) is 12.9. The number of hydrogen-bond donors (Lipinski definition) is 1. The number of thioether (sulfide) groups is 1. The van der Waals surface area contributed by atoms with Crippen LogP contribution in [0.25, 0.3) is 5.69 Å². The summed E-state index contributed by atoms with van der Waals surface area (Å²) in [5, 5.41) is 12.4. The van der Waals surface area contributed by atoms with E-state index >= 15 is 0 Å². The van der Waals surface area contributed by atoms with E-state index in [1.807, 2.05) is 53.6 Å². The summed E-state index contributed by atoms with van der Waals surface area (Å²) in [7, 11) is 3.07. The Labute approximate surface area is 237 Å². The van der Waals surface area contributed by atoms with Crippen LogP contribution in [-0.4, -0.2) is 53.1 Å². The first kappa shape index (κ1) is 27.3.